The number of halogens is 2. The van der Waals surface area contributed by atoms with Gasteiger partial charge in [0.2, 0.25) is 5.83 Å². The number of rotatable bonds is 4. The summed E-state index contributed by atoms with van der Waals surface area (Å²) in [7, 11) is 0. The third kappa shape index (κ3) is 6.65. The maximum atomic E-state index is 13.7. The van der Waals surface area contributed by atoms with E-state index >= 15 is 0 Å². The molecule has 0 spiro atoms. The molecule has 0 aliphatic heterocycles. The molecule has 0 saturated heterocycles. The van der Waals surface area contributed by atoms with Gasteiger partial charge in [0.15, 0.2) is 0 Å². The van der Waals surface area contributed by atoms with Crippen molar-refractivity contribution < 1.29 is 23.5 Å². The predicted molar refractivity (Wildman–Crippen MR) is 84.8 cm³/mol. The van der Waals surface area contributed by atoms with E-state index in [9.17, 15) is 14.0 Å². The van der Waals surface area contributed by atoms with Crippen molar-refractivity contribution in [3.8, 4) is 0 Å². The summed E-state index contributed by atoms with van der Waals surface area (Å²) in [6, 6.07) is 2.80. The van der Waals surface area contributed by atoms with Crippen molar-refractivity contribution in [2.45, 2.75) is 33.3 Å². The average Bonchev–Trinajstić information content (AvgIpc) is 2.39. The molecular formula is C15H18ClFN2O4. The van der Waals surface area contributed by atoms with Gasteiger partial charge in [0.25, 0.3) is 0 Å². The number of hydrogen-bond donors (Lipinski definition) is 1. The molecule has 1 aromatic heterocycles. The number of hydrogen-bond acceptors (Lipinski definition) is 5. The highest BCUT2D eigenvalue weighted by Crippen LogP contribution is 2.21. The summed E-state index contributed by atoms with van der Waals surface area (Å²) < 4.78 is 23.4. The molecule has 0 bridgehead atoms. The van der Waals surface area contributed by atoms with Crippen molar-refractivity contribution >= 4 is 35.6 Å². The molecule has 8 heteroatoms. The monoisotopic (exact) mass is 344 g/mol. The number of nitrogens with zero attached hydrogens (tertiary/aromatic N) is 1. The van der Waals surface area contributed by atoms with Gasteiger partial charge in [-0.3, -0.25) is 5.32 Å². The van der Waals surface area contributed by atoms with Gasteiger partial charge in [-0.25, -0.2) is 14.6 Å². The van der Waals surface area contributed by atoms with Crippen LogP contribution in [0, 0.1) is 0 Å². The van der Waals surface area contributed by atoms with Gasteiger partial charge in [-0.15, -0.1) is 0 Å². The Hall–Kier alpha value is -2.15. The first-order valence-electron chi connectivity index (χ1n) is 6.83. The third-order valence-electron chi connectivity index (χ3n) is 2.26. The topological polar surface area (TPSA) is 77.5 Å². The van der Waals surface area contributed by atoms with E-state index < -0.39 is 23.5 Å². The maximum absolute atomic E-state index is 13.7. The van der Waals surface area contributed by atoms with Crippen molar-refractivity contribution in [1.82, 2.24) is 4.98 Å². The third-order valence-corrected chi connectivity index (χ3v) is 2.47. The lowest BCUT2D eigenvalue weighted by Gasteiger charge is -2.19. The van der Waals surface area contributed by atoms with Gasteiger partial charge >= 0.3 is 12.1 Å². The van der Waals surface area contributed by atoms with Crippen LogP contribution in [-0.2, 0) is 14.3 Å². The summed E-state index contributed by atoms with van der Waals surface area (Å²) in [6.07, 6.45) is 0.118. The molecule has 1 N–H and O–H groups in total. The molecule has 0 saturated carbocycles. The van der Waals surface area contributed by atoms with E-state index in [1.165, 1.54) is 12.1 Å². The van der Waals surface area contributed by atoms with E-state index in [1.807, 2.05) is 0 Å². The summed E-state index contributed by atoms with van der Waals surface area (Å²) in [5, 5.41) is 2.45. The minimum absolute atomic E-state index is 0.0359. The number of aromatic nitrogens is 1. The number of carbonyl (C=O) groups is 2. The zero-order valence-corrected chi connectivity index (χ0v) is 14.0. The van der Waals surface area contributed by atoms with E-state index in [0.717, 1.165) is 6.08 Å². The molecule has 0 atom stereocenters. The molecule has 1 heterocycles. The predicted octanol–water partition coefficient (Wildman–Crippen LogP) is 3.96. The first-order chi connectivity index (χ1) is 10.6. The van der Waals surface area contributed by atoms with Crippen LogP contribution in [0.15, 0.2) is 18.0 Å². The molecule has 0 aliphatic rings. The number of amides is 1. The Balaban J connectivity index is 3.04. The fraction of sp³-hybridized carbons (Fsp3) is 0.400. The molecule has 0 radical (unpaired) electrons. The highest BCUT2D eigenvalue weighted by atomic mass is 35.5. The van der Waals surface area contributed by atoms with Crippen molar-refractivity contribution in [3.63, 3.8) is 0 Å². The lowest BCUT2D eigenvalue weighted by atomic mass is 10.2. The second kappa shape index (κ2) is 7.92. The molecule has 0 aliphatic carbocycles. The minimum atomic E-state index is -1.12. The van der Waals surface area contributed by atoms with Gasteiger partial charge in [-0.2, -0.15) is 4.39 Å². The average molecular weight is 345 g/mol. The number of pyridine rings is 1. The van der Waals surface area contributed by atoms with Gasteiger partial charge in [0.1, 0.15) is 16.6 Å². The molecular weight excluding hydrogens is 327 g/mol. The molecule has 0 fully saturated rings. The van der Waals surface area contributed by atoms with Crippen molar-refractivity contribution in [2.24, 2.45) is 0 Å². The lowest BCUT2D eigenvalue weighted by Crippen LogP contribution is -2.27. The minimum Gasteiger partial charge on any atom is -0.461 e. The second-order valence-corrected chi connectivity index (χ2v) is 5.80. The van der Waals surface area contributed by atoms with Crippen LogP contribution in [0.3, 0.4) is 0 Å². The summed E-state index contributed by atoms with van der Waals surface area (Å²) in [6.45, 7) is 6.68. The van der Waals surface area contributed by atoms with Crippen LogP contribution < -0.4 is 5.32 Å². The van der Waals surface area contributed by atoms with Crippen LogP contribution in [0.4, 0.5) is 15.0 Å². The van der Waals surface area contributed by atoms with Crippen LogP contribution in [0.5, 0.6) is 0 Å². The van der Waals surface area contributed by atoms with Gasteiger partial charge < -0.3 is 9.47 Å². The Morgan fingerprint density at radius 1 is 1.39 bits per heavy atom. The van der Waals surface area contributed by atoms with Gasteiger partial charge in [-0.05, 0) is 45.9 Å². The zero-order valence-electron chi connectivity index (χ0n) is 13.3. The fourth-order valence-corrected chi connectivity index (χ4v) is 1.61. The standard InChI is InChI=1S/C15H18ClFN2O4/c1-5-22-13(20)10(17)8-9-6-7-11(16)18-12(9)19-14(21)23-15(2,3)4/h6-8H,5H2,1-4H3,(H,18,19,21)/b10-8-. The van der Waals surface area contributed by atoms with E-state index in [-0.39, 0.29) is 23.1 Å². The smallest absolute Gasteiger partial charge is 0.413 e. The Kier molecular flexibility index (Phi) is 6.50. The van der Waals surface area contributed by atoms with Crippen LogP contribution in [-0.4, -0.2) is 29.3 Å². The van der Waals surface area contributed by atoms with Gasteiger partial charge in [-0.1, -0.05) is 11.6 Å². The lowest BCUT2D eigenvalue weighted by molar-refractivity contribution is -0.140. The number of anilines is 1. The number of esters is 1. The summed E-state index contributed by atoms with van der Waals surface area (Å²) in [4.78, 5) is 27.0. The number of nitrogens with one attached hydrogen (secondary N) is 1. The Labute approximate surface area is 138 Å². The molecule has 6 nitrogen and oxygen atoms in total. The highest BCUT2D eigenvalue weighted by molar-refractivity contribution is 6.29. The second-order valence-electron chi connectivity index (χ2n) is 5.41. The fourth-order valence-electron chi connectivity index (χ4n) is 1.46. The Bertz CT molecular complexity index is 626. The molecule has 1 rings (SSSR count). The largest absolute Gasteiger partial charge is 0.461 e. The SMILES string of the molecule is CCOC(=O)/C(F)=C/c1ccc(Cl)nc1NC(=O)OC(C)(C)C. The normalized spacial score (nSPS) is 11.8. The van der Waals surface area contributed by atoms with E-state index in [1.54, 1.807) is 27.7 Å². The zero-order chi connectivity index (χ0) is 17.6. The summed E-state index contributed by atoms with van der Waals surface area (Å²) >= 11 is 5.77. The van der Waals surface area contributed by atoms with E-state index in [0.29, 0.717) is 0 Å². The van der Waals surface area contributed by atoms with Crippen molar-refractivity contribution in [1.29, 1.82) is 0 Å². The van der Waals surface area contributed by atoms with Crippen LogP contribution in [0.2, 0.25) is 5.15 Å². The van der Waals surface area contributed by atoms with Crippen molar-refractivity contribution in [3.05, 3.63) is 28.7 Å². The Morgan fingerprint density at radius 3 is 2.61 bits per heavy atom. The highest BCUT2D eigenvalue weighted by Gasteiger charge is 2.18. The van der Waals surface area contributed by atoms with Gasteiger partial charge in [0.05, 0.1) is 6.61 Å². The Morgan fingerprint density at radius 2 is 2.04 bits per heavy atom. The summed E-state index contributed by atoms with van der Waals surface area (Å²) in [5.74, 6) is -2.26. The van der Waals surface area contributed by atoms with E-state index in [2.05, 4.69) is 15.0 Å². The molecule has 23 heavy (non-hydrogen) atoms. The molecule has 1 amide bonds. The van der Waals surface area contributed by atoms with Crippen LogP contribution >= 0.6 is 11.6 Å². The number of ether oxygens (including phenoxy) is 2. The van der Waals surface area contributed by atoms with Gasteiger partial charge in [0, 0.05) is 5.56 Å². The molecule has 1 aromatic rings. The summed E-state index contributed by atoms with van der Waals surface area (Å²) in [5.41, 5.74) is -0.569. The molecule has 126 valence electrons. The number of carbonyl (C=O) groups excluding carboxylic acids is 2. The maximum Gasteiger partial charge on any atom is 0.413 e. The van der Waals surface area contributed by atoms with E-state index in [4.69, 9.17) is 16.3 Å². The first kappa shape index (κ1) is 18.9. The molecule has 0 aromatic carbocycles. The first-order valence-corrected chi connectivity index (χ1v) is 7.21. The van der Waals surface area contributed by atoms with Crippen molar-refractivity contribution in [2.75, 3.05) is 11.9 Å². The van der Waals surface area contributed by atoms with Crippen LogP contribution in [0.25, 0.3) is 6.08 Å². The molecule has 0 unspecified atom stereocenters. The van der Waals surface area contributed by atoms with Crippen LogP contribution in [0.1, 0.15) is 33.3 Å². The quantitative estimate of drug-likeness (QED) is 0.508.